The van der Waals surface area contributed by atoms with Crippen LogP contribution in [0.5, 0.6) is 0 Å². The van der Waals surface area contributed by atoms with Crippen molar-refractivity contribution < 1.29 is 4.39 Å². The summed E-state index contributed by atoms with van der Waals surface area (Å²) in [5, 5.41) is 6.68. The maximum Gasteiger partial charge on any atom is 0.191 e. The van der Waals surface area contributed by atoms with E-state index in [1.54, 1.807) is 19.2 Å². The summed E-state index contributed by atoms with van der Waals surface area (Å²) >= 11 is 3.48. The highest BCUT2D eigenvalue weighted by molar-refractivity contribution is 14.0. The Bertz CT molecular complexity index is 737. The van der Waals surface area contributed by atoms with Gasteiger partial charge in [-0.3, -0.25) is 4.99 Å². The Hall–Kier alpha value is -1.35. The highest BCUT2D eigenvalue weighted by Crippen LogP contribution is 2.24. The van der Waals surface area contributed by atoms with E-state index < -0.39 is 0 Å². The van der Waals surface area contributed by atoms with Crippen molar-refractivity contribution in [2.45, 2.75) is 13.0 Å². The van der Waals surface area contributed by atoms with Crippen molar-refractivity contribution >= 4 is 51.6 Å². The summed E-state index contributed by atoms with van der Waals surface area (Å²) in [7, 11) is 1.77. The first-order chi connectivity index (χ1) is 12.6. The Labute approximate surface area is 185 Å². The molecule has 146 valence electrons. The van der Waals surface area contributed by atoms with Crippen LogP contribution in [-0.2, 0) is 6.54 Å². The Morgan fingerprint density at radius 2 is 1.85 bits per heavy atom. The molecule has 0 bridgehead atoms. The van der Waals surface area contributed by atoms with Crippen LogP contribution in [0.4, 0.5) is 10.1 Å². The molecule has 1 aliphatic rings. The molecule has 0 amide bonds. The number of hydrogen-bond acceptors (Lipinski definition) is 2. The molecule has 1 atom stereocenters. The zero-order valence-corrected chi connectivity index (χ0v) is 19.2. The normalized spacial score (nSPS) is 16.8. The molecule has 4 nitrogen and oxygen atoms in total. The first kappa shape index (κ1) is 21.9. The molecule has 7 heteroatoms. The molecule has 2 aromatic carbocycles. The van der Waals surface area contributed by atoms with Gasteiger partial charge in [-0.25, -0.2) is 4.39 Å². The average molecular weight is 547 g/mol. The van der Waals surface area contributed by atoms with E-state index in [1.807, 2.05) is 0 Å². The van der Waals surface area contributed by atoms with Gasteiger partial charge in [0.2, 0.25) is 0 Å². The molecule has 1 saturated heterocycles. The van der Waals surface area contributed by atoms with Crippen LogP contribution in [0, 0.1) is 11.7 Å². The van der Waals surface area contributed by atoms with Crippen LogP contribution in [0.1, 0.15) is 12.0 Å². The molecule has 27 heavy (non-hydrogen) atoms. The second kappa shape index (κ2) is 10.8. The van der Waals surface area contributed by atoms with Crippen molar-refractivity contribution in [2.24, 2.45) is 10.9 Å². The Morgan fingerprint density at radius 1 is 1.15 bits per heavy atom. The highest BCUT2D eigenvalue weighted by atomic mass is 127. The molecule has 0 spiro atoms. The molecule has 1 aliphatic heterocycles. The maximum absolute atomic E-state index is 13.0. The fourth-order valence-electron chi connectivity index (χ4n) is 3.14. The maximum atomic E-state index is 13.0. The van der Waals surface area contributed by atoms with Crippen molar-refractivity contribution in [3.63, 3.8) is 0 Å². The number of benzene rings is 2. The summed E-state index contributed by atoms with van der Waals surface area (Å²) in [6, 6.07) is 15.0. The summed E-state index contributed by atoms with van der Waals surface area (Å²) in [5.41, 5.74) is 2.30. The molecule has 1 fully saturated rings. The lowest BCUT2D eigenvalue weighted by Crippen LogP contribution is -2.39. The van der Waals surface area contributed by atoms with Crippen LogP contribution in [0.25, 0.3) is 0 Å². The third-order valence-corrected chi connectivity index (χ3v) is 5.16. The minimum Gasteiger partial charge on any atom is -0.371 e. The zero-order chi connectivity index (χ0) is 18.4. The van der Waals surface area contributed by atoms with Gasteiger partial charge in [-0.15, -0.1) is 24.0 Å². The van der Waals surface area contributed by atoms with E-state index in [2.05, 4.69) is 60.7 Å². The molecule has 1 heterocycles. The fraction of sp³-hybridized carbons (Fsp3) is 0.350. The van der Waals surface area contributed by atoms with Crippen LogP contribution in [0.15, 0.2) is 58.0 Å². The van der Waals surface area contributed by atoms with E-state index in [1.165, 1.54) is 17.8 Å². The summed E-state index contributed by atoms with van der Waals surface area (Å²) in [6.45, 7) is 3.63. The number of rotatable bonds is 5. The predicted octanol–water partition coefficient (Wildman–Crippen LogP) is 4.40. The second-order valence-corrected chi connectivity index (χ2v) is 7.43. The number of anilines is 1. The van der Waals surface area contributed by atoms with E-state index in [0.29, 0.717) is 12.5 Å². The molecular weight excluding hydrogens is 522 g/mol. The van der Waals surface area contributed by atoms with Gasteiger partial charge in [-0.05, 0) is 54.3 Å². The van der Waals surface area contributed by atoms with Crippen LogP contribution < -0.4 is 15.5 Å². The van der Waals surface area contributed by atoms with Gasteiger partial charge in [0.1, 0.15) is 5.82 Å². The fourth-order valence-corrected chi connectivity index (χ4v) is 3.40. The zero-order valence-electron chi connectivity index (χ0n) is 15.3. The van der Waals surface area contributed by atoms with Crippen LogP contribution >= 0.6 is 39.9 Å². The highest BCUT2D eigenvalue weighted by Gasteiger charge is 2.22. The number of hydrogen-bond donors (Lipinski definition) is 2. The topological polar surface area (TPSA) is 39.7 Å². The van der Waals surface area contributed by atoms with Gasteiger partial charge < -0.3 is 15.5 Å². The van der Waals surface area contributed by atoms with Gasteiger partial charge in [-0.1, -0.05) is 28.1 Å². The number of halogens is 3. The van der Waals surface area contributed by atoms with Gasteiger partial charge in [0.05, 0.1) is 0 Å². The molecule has 2 N–H and O–H groups in total. The van der Waals surface area contributed by atoms with Crippen molar-refractivity contribution in [2.75, 3.05) is 31.6 Å². The van der Waals surface area contributed by atoms with E-state index in [9.17, 15) is 4.39 Å². The Morgan fingerprint density at radius 3 is 2.52 bits per heavy atom. The van der Waals surface area contributed by atoms with E-state index >= 15 is 0 Å². The summed E-state index contributed by atoms with van der Waals surface area (Å²) in [6.07, 6.45) is 1.16. The van der Waals surface area contributed by atoms with Crippen molar-refractivity contribution in [3.05, 3.63) is 64.4 Å². The molecular formula is C20H25BrFIN4. The second-order valence-electron chi connectivity index (χ2n) is 6.51. The SMILES string of the molecule is CN=C(NCc1ccc(F)cc1)NCC1CCN(c2ccc(Br)cc2)C1.I. The first-order valence-electron chi connectivity index (χ1n) is 8.83. The minimum absolute atomic E-state index is 0. The lowest BCUT2D eigenvalue weighted by molar-refractivity contribution is 0.565. The van der Waals surface area contributed by atoms with Gasteiger partial charge >= 0.3 is 0 Å². The molecule has 3 rings (SSSR count). The van der Waals surface area contributed by atoms with Crippen LogP contribution in [-0.4, -0.2) is 32.6 Å². The summed E-state index contributed by atoms with van der Waals surface area (Å²) < 4.78 is 14.1. The lowest BCUT2D eigenvalue weighted by Gasteiger charge is -2.19. The van der Waals surface area contributed by atoms with E-state index in [-0.39, 0.29) is 29.8 Å². The largest absolute Gasteiger partial charge is 0.371 e. The molecule has 0 radical (unpaired) electrons. The number of nitrogens with zero attached hydrogens (tertiary/aromatic N) is 2. The Balaban J connectivity index is 0.00000261. The van der Waals surface area contributed by atoms with Crippen LogP contribution in [0.2, 0.25) is 0 Å². The third-order valence-electron chi connectivity index (χ3n) is 4.63. The summed E-state index contributed by atoms with van der Waals surface area (Å²) in [4.78, 5) is 6.69. The monoisotopic (exact) mass is 546 g/mol. The smallest absolute Gasteiger partial charge is 0.191 e. The van der Waals surface area contributed by atoms with Gasteiger partial charge in [0.25, 0.3) is 0 Å². The summed E-state index contributed by atoms with van der Waals surface area (Å²) in [5.74, 6) is 1.15. The average Bonchev–Trinajstić information content (AvgIpc) is 3.13. The van der Waals surface area contributed by atoms with Crippen molar-refractivity contribution in [1.82, 2.24) is 10.6 Å². The van der Waals surface area contributed by atoms with Crippen molar-refractivity contribution in [3.8, 4) is 0 Å². The predicted molar refractivity (Wildman–Crippen MR) is 124 cm³/mol. The van der Waals surface area contributed by atoms with E-state index in [4.69, 9.17) is 0 Å². The molecule has 1 unspecified atom stereocenters. The van der Waals surface area contributed by atoms with Gasteiger partial charge in [0.15, 0.2) is 5.96 Å². The number of nitrogens with one attached hydrogen (secondary N) is 2. The standard InChI is InChI=1S/C20H24BrFN4.HI/c1-23-20(24-12-15-2-6-18(22)7-3-15)25-13-16-10-11-26(14-16)19-8-4-17(21)5-9-19;/h2-9,16H,10-14H2,1H3,(H2,23,24,25);1H. The quantitative estimate of drug-likeness (QED) is 0.332. The third kappa shape index (κ3) is 6.64. The van der Waals surface area contributed by atoms with Crippen molar-refractivity contribution in [1.29, 1.82) is 0 Å². The Kier molecular flexibility index (Phi) is 8.82. The van der Waals surface area contributed by atoms with Gasteiger partial charge in [-0.2, -0.15) is 0 Å². The number of aliphatic imine (C=N–C) groups is 1. The first-order valence-corrected chi connectivity index (χ1v) is 9.63. The lowest BCUT2D eigenvalue weighted by atomic mass is 10.1. The van der Waals surface area contributed by atoms with Gasteiger partial charge in [0, 0.05) is 43.4 Å². The molecule has 0 aromatic heterocycles. The minimum atomic E-state index is -0.215. The molecule has 0 saturated carbocycles. The molecule has 0 aliphatic carbocycles. The number of guanidine groups is 1. The molecule has 2 aromatic rings. The van der Waals surface area contributed by atoms with E-state index in [0.717, 1.165) is 42.1 Å². The van der Waals surface area contributed by atoms with Crippen LogP contribution in [0.3, 0.4) is 0 Å².